The van der Waals surface area contributed by atoms with Gasteiger partial charge in [-0.25, -0.2) is 0 Å². The highest BCUT2D eigenvalue weighted by molar-refractivity contribution is 5.98. The summed E-state index contributed by atoms with van der Waals surface area (Å²) in [4.78, 5) is 51.1. The number of benzene rings is 1. The summed E-state index contributed by atoms with van der Waals surface area (Å²) >= 11 is 0. The van der Waals surface area contributed by atoms with Crippen molar-refractivity contribution in [3.63, 3.8) is 0 Å². The molecular weight excluding hydrogens is 540 g/mol. The van der Waals surface area contributed by atoms with Gasteiger partial charge in [0.15, 0.2) is 5.69 Å². The van der Waals surface area contributed by atoms with E-state index in [-0.39, 0.29) is 36.7 Å². The van der Waals surface area contributed by atoms with Crippen molar-refractivity contribution in [3.05, 3.63) is 64.6 Å². The topological polar surface area (TPSA) is 186 Å². The number of hydrogen-bond acceptors (Lipinski definition) is 8. The maximum atomic E-state index is 13.2. The minimum atomic E-state index is -1.36. The van der Waals surface area contributed by atoms with E-state index >= 15 is 0 Å². The number of amides is 4. The van der Waals surface area contributed by atoms with E-state index in [0.29, 0.717) is 18.6 Å². The monoisotopic (exact) mass is 580 g/mol. The van der Waals surface area contributed by atoms with Crippen LogP contribution in [-0.2, 0) is 20.9 Å². The van der Waals surface area contributed by atoms with E-state index < -0.39 is 41.8 Å². The number of carbonyl (C=O) groups is 4. The Balaban J connectivity index is 2.05. The number of nitrogens with one attached hydrogen (secondary N) is 4. The first kappa shape index (κ1) is 33.7. The molecule has 1 aromatic carbocycles. The zero-order valence-corrected chi connectivity index (χ0v) is 24.7. The molecule has 12 heteroatoms. The summed E-state index contributed by atoms with van der Waals surface area (Å²) in [6.07, 6.45) is 1.45. The molecule has 0 spiro atoms. The summed E-state index contributed by atoms with van der Waals surface area (Å²) in [6, 6.07) is 8.57. The maximum Gasteiger partial charge on any atom is 0.274 e. The number of aliphatic hydroxyl groups excluding tert-OH is 1. The minimum absolute atomic E-state index is 0.0395. The molecule has 226 valence electrons. The molecule has 42 heavy (non-hydrogen) atoms. The number of nitrogens with zero attached hydrogens (tertiary/aromatic N) is 2. The number of unbranched alkanes of at least 4 members (excludes halogenated alkanes) is 1. The van der Waals surface area contributed by atoms with Crippen molar-refractivity contribution in [1.29, 1.82) is 5.26 Å². The molecule has 12 nitrogen and oxygen atoms in total. The molecule has 0 aliphatic rings. The molecule has 2 aromatic rings. The average molecular weight is 581 g/mol. The lowest BCUT2D eigenvalue weighted by Gasteiger charge is -2.24. The van der Waals surface area contributed by atoms with Crippen LogP contribution >= 0.6 is 0 Å². The fourth-order valence-electron chi connectivity index (χ4n) is 3.91. The van der Waals surface area contributed by atoms with Gasteiger partial charge in [-0.3, -0.25) is 19.2 Å². The van der Waals surface area contributed by atoms with Crippen LogP contribution in [0.4, 0.5) is 0 Å². The molecule has 3 atom stereocenters. The van der Waals surface area contributed by atoms with Crippen LogP contribution in [0.3, 0.4) is 0 Å². The molecule has 1 heterocycles. The third kappa shape index (κ3) is 11.2. The Morgan fingerprint density at radius 1 is 1.02 bits per heavy atom. The zero-order valence-electron chi connectivity index (χ0n) is 24.7. The lowest BCUT2D eigenvalue weighted by molar-refractivity contribution is -0.131. The number of carbonyl (C=O) groups excluding carboxylic acids is 4. The van der Waals surface area contributed by atoms with E-state index in [0.717, 1.165) is 11.1 Å². The van der Waals surface area contributed by atoms with Crippen LogP contribution in [0.1, 0.15) is 67.4 Å². The summed E-state index contributed by atoms with van der Waals surface area (Å²) in [5.74, 6) is -1.93. The molecule has 0 bridgehead atoms. The Labute approximate surface area is 245 Å². The van der Waals surface area contributed by atoms with Crippen molar-refractivity contribution in [2.75, 3.05) is 6.54 Å². The summed E-state index contributed by atoms with van der Waals surface area (Å²) in [5, 5.41) is 33.7. The van der Waals surface area contributed by atoms with Crippen molar-refractivity contribution in [3.8, 4) is 6.07 Å². The molecule has 4 amide bonds. The fraction of sp³-hybridized carbons (Fsp3) is 0.467. The summed E-state index contributed by atoms with van der Waals surface area (Å²) in [6.45, 7) is 9.15. The van der Waals surface area contributed by atoms with Gasteiger partial charge in [0.2, 0.25) is 11.8 Å². The molecule has 0 saturated carbocycles. The largest absolute Gasteiger partial charge is 0.391 e. The molecule has 0 radical (unpaired) electrons. The molecule has 0 aliphatic carbocycles. The van der Waals surface area contributed by atoms with Crippen LogP contribution < -0.4 is 21.3 Å². The number of hydrogen-bond donors (Lipinski definition) is 5. The number of allylic oxidation sites excluding steroid dienone is 1. The standard InChI is InChI=1S/C30H40N6O6/c1-18(2)14-23(16-31)27(38)32-13-7-6-8-24(28(39)33-17-22-11-9-19(3)10-12-22)34-30(41)26(21(5)37)35-29(40)25-15-20(4)42-36-25/h9-12,14-15,18,21,24,26,37H,6-8,13,17H2,1-5H3,(H,32,38)(H,33,39)(H,34,41)(H,35,40)/t21-,24+,26+/m1/s1. The average Bonchev–Trinajstić information content (AvgIpc) is 3.38. The van der Waals surface area contributed by atoms with Gasteiger partial charge >= 0.3 is 0 Å². The first-order valence-corrected chi connectivity index (χ1v) is 13.9. The molecule has 2 rings (SSSR count). The van der Waals surface area contributed by atoms with E-state index in [2.05, 4.69) is 26.4 Å². The number of aryl methyl sites for hydroxylation is 2. The van der Waals surface area contributed by atoms with Gasteiger partial charge in [0, 0.05) is 19.2 Å². The van der Waals surface area contributed by atoms with Gasteiger partial charge in [-0.1, -0.05) is 54.9 Å². The Morgan fingerprint density at radius 2 is 1.71 bits per heavy atom. The molecule has 5 N–H and O–H groups in total. The summed E-state index contributed by atoms with van der Waals surface area (Å²) in [5.41, 5.74) is 1.94. The van der Waals surface area contributed by atoms with Crippen molar-refractivity contribution in [2.24, 2.45) is 5.92 Å². The normalized spacial score (nSPS) is 13.4. The predicted molar refractivity (Wildman–Crippen MR) is 155 cm³/mol. The highest BCUT2D eigenvalue weighted by atomic mass is 16.5. The Bertz CT molecular complexity index is 1290. The fourth-order valence-corrected chi connectivity index (χ4v) is 3.91. The van der Waals surface area contributed by atoms with E-state index in [4.69, 9.17) is 4.52 Å². The predicted octanol–water partition coefficient (Wildman–Crippen LogP) is 1.96. The summed E-state index contributed by atoms with van der Waals surface area (Å²) in [7, 11) is 0. The van der Waals surface area contributed by atoms with Crippen LogP contribution in [-0.4, -0.2) is 58.6 Å². The second-order valence-corrected chi connectivity index (χ2v) is 10.5. The van der Waals surface area contributed by atoms with E-state index in [9.17, 15) is 29.5 Å². The number of nitriles is 1. The maximum absolute atomic E-state index is 13.2. The highest BCUT2D eigenvalue weighted by Crippen LogP contribution is 2.08. The minimum Gasteiger partial charge on any atom is -0.391 e. The van der Waals surface area contributed by atoms with Gasteiger partial charge in [-0.05, 0) is 51.5 Å². The van der Waals surface area contributed by atoms with Crippen LogP contribution in [0, 0.1) is 31.1 Å². The Hall–Kier alpha value is -4.50. The zero-order chi connectivity index (χ0) is 31.2. The van der Waals surface area contributed by atoms with Crippen LogP contribution in [0.5, 0.6) is 0 Å². The second-order valence-electron chi connectivity index (χ2n) is 10.5. The highest BCUT2D eigenvalue weighted by Gasteiger charge is 2.30. The molecule has 0 unspecified atom stereocenters. The molecule has 0 aliphatic heterocycles. The van der Waals surface area contributed by atoms with Gasteiger partial charge in [-0.2, -0.15) is 5.26 Å². The van der Waals surface area contributed by atoms with Crippen LogP contribution in [0.2, 0.25) is 0 Å². The second kappa shape index (κ2) is 16.7. The first-order valence-electron chi connectivity index (χ1n) is 13.9. The first-order chi connectivity index (χ1) is 19.9. The quantitative estimate of drug-likeness (QED) is 0.120. The third-order valence-corrected chi connectivity index (χ3v) is 6.20. The van der Waals surface area contributed by atoms with Gasteiger partial charge in [0.25, 0.3) is 11.8 Å². The van der Waals surface area contributed by atoms with Crippen LogP contribution in [0.15, 0.2) is 46.5 Å². The number of aliphatic hydroxyl groups is 1. The van der Waals surface area contributed by atoms with Crippen molar-refractivity contribution in [1.82, 2.24) is 26.4 Å². The smallest absolute Gasteiger partial charge is 0.274 e. The summed E-state index contributed by atoms with van der Waals surface area (Å²) < 4.78 is 4.90. The molecular formula is C30H40N6O6. The Morgan fingerprint density at radius 3 is 2.29 bits per heavy atom. The van der Waals surface area contributed by atoms with Crippen molar-refractivity contribution in [2.45, 2.75) is 78.6 Å². The van der Waals surface area contributed by atoms with Crippen LogP contribution in [0.25, 0.3) is 0 Å². The van der Waals surface area contributed by atoms with E-state index in [1.165, 1.54) is 13.0 Å². The van der Waals surface area contributed by atoms with Gasteiger partial charge in [0.05, 0.1) is 6.10 Å². The van der Waals surface area contributed by atoms with Crippen molar-refractivity contribution >= 4 is 23.6 Å². The van der Waals surface area contributed by atoms with Crippen molar-refractivity contribution < 1.29 is 28.8 Å². The molecule has 0 saturated heterocycles. The van der Waals surface area contributed by atoms with Gasteiger partial charge < -0.3 is 30.9 Å². The SMILES string of the molecule is Cc1ccc(CNC(=O)[C@H](CCCCNC(=O)C(C#N)=CC(C)C)NC(=O)[C@@H](NC(=O)c2cc(C)on2)[C@@H](C)O)cc1. The van der Waals surface area contributed by atoms with Gasteiger partial charge in [0.1, 0.15) is 29.5 Å². The van der Waals surface area contributed by atoms with Gasteiger partial charge in [-0.15, -0.1) is 0 Å². The molecule has 1 aromatic heterocycles. The lowest BCUT2D eigenvalue weighted by Crippen LogP contribution is -2.57. The van der Waals surface area contributed by atoms with E-state index in [1.54, 1.807) is 13.0 Å². The van der Waals surface area contributed by atoms with E-state index in [1.807, 2.05) is 51.1 Å². The Kier molecular flexibility index (Phi) is 13.4. The molecule has 0 fully saturated rings. The number of rotatable bonds is 15. The number of aromatic nitrogens is 1. The third-order valence-electron chi connectivity index (χ3n) is 6.20. The lowest BCUT2D eigenvalue weighted by atomic mass is 10.1.